The van der Waals surface area contributed by atoms with Gasteiger partial charge in [-0.15, -0.1) is 11.3 Å². The van der Waals surface area contributed by atoms with Gasteiger partial charge in [-0.25, -0.2) is 18.7 Å². The van der Waals surface area contributed by atoms with E-state index in [0.717, 1.165) is 20.5 Å². The lowest BCUT2D eigenvalue weighted by Crippen LogP contribution is -2.40. The number of halogens is 1. The predicted molar refractivity (Wildman–Crippen MR) is 123 cm³/mol. The summed E-state index contributed by atoms with van der Waals surface area (Å²) in [7, 11) is 1.44. The molecule has 0 atom stereocenters. The summed E-state index contributed by atoms with van der Waals surface area (Å²) in [6, 6.07) is 11.9. The van der Waals surface area contributed by atoms with Crippen molar-refractivity contribution in [2.75, 3.05) is 18.7 Å². The van der Waals surface area contributed by atoms with E-state index in [0.29, 0.717) is 15.8 Å². The summed E-state index contributed by atoms with van der Waals surface area (Å²) in [5, 5.41) is 2.62. The molecule has 2 heterocycles. The zero-order chi connectivity index (χ0) is 22.8. The molecule has 0 bridgehead atoms. The number of amides is 1. The molecular weight excluding hydrogens is 455 g/mol. The van der Waals surface area contributed by atoms with Gasteiger partial charge in [0.15, 0.2) is 9.99 Å². The highest BCUT2D eigenvalue weighted by Gasteiger charge is 2.22. The second kappa shape index (κ2) is 8.97. The number of nitrogens with one attached hydrogen (secondary N) is 1. The Hall–Kier alpha value is -3.44. The summed E-state index contributed by atoms with van der Waals surface area (Å²) in [6.07, 6.45) is 1.81. The van der Waals surface area contributed by atoms with Crippen LogP contribution in [0.15, 0.2) is 62.5 Å². The van der Waals surface area contributed by atoms with Crippen molar-refractivity contribution >= 4 is 45.0 Å². The van der Waals surface area contributed by atoms with E-state index in [1.807, 2.05) is 0 Å². The van der Waals surface area contributed by atoms with E-state index in [4.69, 9.17) is 4.74 Å². The van der Waals surface area contributed by atoms with Gasteiger partial charge in [-0.2, -0.15) is 0 Å². The molecule has 0 aliphatic heterocycles. The smallest absolute Gasteiger partial charge is 0.337 e. The quantitative estimate of drug-likeness (QED) is 0.434. The summed E-state index contributed by atoms with van der Waals surface area (Å²) in [5.41, 5.74) is -0.489. The maximum absolute atomic E-state index is 13.4. The molecule has 0 aliphatic carbocycles. The van der Waals surface area contributed by atoms with Gasteiger partial charge in [0.05, 0.1) is 12.8 Å². The lowest BCUT2D eigenvalue weighted by atomic mass is 10.3. The van der Waals surface area contributed by atoms with Crippen LogP contribution in [0.4, 0.5) is 10.1 Å². The molecular formula is C21H17FN4O4S2. The largest absolute Gasteiger partial charge is 0.495 e. The monoisotopic (exact) mass is 472 g/mol. The maximum Gasteiger partial charge on any atom is 0.337 e. The molecule has 1 N–H and O–H groups in total. The third-order valence-corrected chi connectivity index (χ3v) is 6.61. The second-order valence-electron chi connectivity index (χ2n) is 6.57. The zero-order valence-electron chi connectivity index (χ0n) is 17.0. The predicted octanol–water partition coefficient (Wildman–Crippen LogP) is 3.12. The standard InChI is InChI=1S/C21H17FN4O4S2/c1-30-15-6-4-3-5-14(15)26-19(28)17-18(24-20(31-2)32-17)25(21(26)29)11-16(27)23-13-9-7-12(22)8-10-13/h3-10H,11H2,1-2H3,(H,23,27). The minimum absolute atomic E-state index is 0.134. The number of thioether (sulfide) groups is 1. The van der Waals surface area contributed by atoms with Crippen LogP contribution in [-0.2, 0) is 11.3 Å². The Labute approximate surface area is 189 Å². The van der Waals surface area contributed by atoms with Crippen LogP contribution < -0.4 is 21.3 Å². The average molecular weight is 473 g/mol. The van der Waals surface area contributed by atoms with Gasteiger partial charge < -0.3 is 10.1 Å². The first-order valence-corrected chi connectivity index (χ1v) is 11.4. The lowest BCUT2D eigenvalue weighted by molar-refractivity contribution is -0.116. The van der Waals surface area contributed by atoms with Gasteiger partial charge in [0.25, 0.3) is 5.56 Å². The Bertz CT molecular complexity index is 1430. The first kappa shape index (κ1) is 21.8. The van der Waals surface area contributed by atoms with Gasteiger partial charge in [0, 0.05) is 5.69 Å². The summed E-state index contributed by atoms with van der Waals surface area (Å²) in [4.78, 5) is 43.7. The maximum atomic E-state index is 13.4. The first-order valence-electron chi connectivity index (χ1n) is 9.32. The van der Waals surface area contributed by atoms with Crippen LogP contribution in [0.5, 0.6) is 5.75 Å². The molecule has 2 aromatic heterocycles. The van der Waals surface area contributed by atoms with Gasteiger partial charge >= 0.3 is 5.69 Å². The third-order valence-electron chi connectivity index (χ3n) is 4.60. The van der Waals surface area contributed by atoms with E-state index < -0.39 is 23.0 Å². The zero-order valence-corrected chi connectivity index (χ0v) is 18.6. The van der Waals surface area contributed by atoms with Gasteiger partial charge in [0.2, 0.25) is 5.91 Å². The fourth-order valence-corrected chi connectivity index (χ4v) is 4.64. The van der Waals surface area contributed by atoms with E-state index in [1.54, 1.807) is 30.5 Å². The van der Waals surface area contributed by atoms with E-state index in [-0.39, 0.29) is 22.6 Å². The van der Waals surface area contributed by atoms with Crippen molar-refractivity contribution in [3.63, 3.8) is 0 Å². The van der Waals surface area contributed by atoms with Crippen LogP contribution in [-0.4, -0.2) is 33.4 Å². The summed E-state index contributed by atoms with van der Waals surface area (Å²) in [5.74, 6) is -0.621. The van der Waals surface area contributed by atoms with Crippen molar-refractivity contribution < 1.29 is 13.9 Å². The minimum atomic E-state index is -0.723. The molecule has 164 valence electrons. The number of carbonyl (C=O) groups excluding carboxylic acids is 1. The van der Waals surface area contributed by atoms with Crippen LogP contribution >= 0.6 is 23.1 Å². The van der Waals surface area contributed by atoms with Crippen LogP contribution in [0.25, 0.3) is 16.0 Å². The van der Waals surface area contributed by atoms with Crippen molar-refractivity contribution in [3.05, 3.63) is 75.2 Å². The van der Waals surface area contributed by atoms with E-state index in [2.05, 4.69) is 10.3 Å². The number of rotatable bonds is 6. The van der Waals surface area contributed by atoms with Crippen LogP contribution in [0.1, 0.15) is 0 Å². The molecule has 11 heteroatoms. The molecule has 0 aliphatic rings. The fraction of sp³-hybridized carbons (Fsp3) is 0.143. The second-order valence-corrected chi connectivity index (χ2v) is 8.63. The van der Waals surface area contributed by atoms with Gasteiger partial charge in [0.1, 0.15) is 22.8 Å². The topological polar surface area (TPSA) is 95.2 Å². The molecule has 0 saturated heterocycles. The summed E-state index contributed by atoms with van der Waals surface area (Å²) >= 11 is 2.48. The van der Waals surface area contributed by atoms with E-state index in [1.165, 1.54) is 43.1 Å². The third kappa shape index (κ3) is 4.04. The number of para-hydroxylation sites is 2. The van der Waals surface area contributed by atoms with Gasteiger partial charge in [-0.1, -0.05) is 23.9 Å². The average Bonchev–Trinajstić information content (AvgIpc) is 3.23. The molecule has 8 nitrogen and oxygen atoms in total. The summed E-state index contributed by atoms with van der Waals surface area (Å²) < 4.78 is 21.4. The number of hydrogen-bond donors (Lipinski definition) is 1. The number of benzene rings is 2. The molecule has 0 saturated carbocycles. The number of methoxy groups -OCH3 is 1. The van der Waals surface area contributed by atoms with Crippen LogP contribution in [0.2, 0.25) is 0 Å². The number of nitrogens with zero attached hydrogens (tertiary/aromatic N) is 3. The molecule has 32 heavy (non-hydrogen) atoms. The number of carbonyl (C=O) groups is 1. The number of aromatic nitrogens is 3. The van der Waals surface area contributed by atoms with Crippen molar-refractivity contribution in [2.24, 2.45) is 0 Å². The Morgan fingerprint density at radius 2 is 1.91 bits per heavy atom. The minimum Gasteiger partial charge on any atom is -0.495 e. The molecule has 1 amide bonds. The van der Waals surface area contributed by atoms with Crippen molar-refractivity contribution in [1.29, 1.82) is 0 Å². The highest BCUT2D eigenvalue weighted by atomic mass is 32.2. The fourth-order valence-electron chi connectivity index (χ4n) is 3.15. The van der Waals surface area contributed by atoms with Crippen LogP contribution in [0, 0.1) is 5.82 Å². The number of anilines is 1. The van der Waals surface area contributed by atoms with Crippen molar-refractivity contribution in [2.45, 2.75) is 10.9 Å². The molecule has 0 unspecified atom stereocenters. The Morgan fingerprint density at radius 3 is 2.59 bits per heavy atom. The highest BCUT2D eigenvalue weighted by Crippen LogP contribution is 2.26. The SMILES string of the molecule is COc1ccccc1-n1c(=O)c2sc(SC)nc2n(CC(=O)Nc2ccc(F)cc2)c1=O. The van der Waals surface area contributed by atoms with E-state index >= 15 is 0 Å². The molecule has 2 aromatic carbocycles. The first-order chi connectivity index (χ1) is 15.4. The molecule has 4 aromatic rings. The summed E-state index contributed by atoms with van der Waals surface area (Å²) in [6.45, 7) is -0.389. The molecule has 4 rings (SSSR count). The van der Waals surface area contributed by atoms with Gasteiger partial charge in [-0.05, 0) is 42.7 Å². The normalized spacial score (nSPS) is 11.0. The lowest BCUT2D eigenvalue weighted by Gasteiger charge is -2.13. The Balaban J connectivity index is 1.86. The number of thiazole rings is 1. The highest BCUT2D eigenvalue weighted by molar-refractivity contribution is 8.00. The van der Waals surface area contributed by atoms with Crippen molar-refractivity contribution in [1.82, 2.24) is 14.1 Å². The number of ether oxygens (including phenoxy) is 1. The Morgan fingerprint density at radius 1 is 1.19 bits per heavy atom. The molecule has 0 fully saturated rings. The van der Waals surface area contributed by atoms with Gasteiger partial charge in [-0.3, -0.25) is 14.2 Å². The Kier molecular flexibility index (Phi) is 6.10. The molecule has 0 spiro atoms. The van der Waals surface area contributed by atoms with Crippen molar-refractivity contribution in [3.8, 4) is 11.4 Å². The number of hydrogen-bond acceptors (Lipinski definition) is 7. The molecule has 0 radical (unpaired) electrons. The van der Waals surface area contributed by atoms with E-state index in [9.17, 15) is 18.8 Å². The number of fused-ring (bicyclic) bond motifs is 1. The van der Waals surface area contributed by atoms with Crippen LogP contribution in [0.3, 0.4) is 0 Å².